The van der Waals surface area contributed by atoms with Crippen LogP contribution in [0.15, 0.2) is 27.6 Å². The van der Waals surface area contributed by atoms with Crippen molar-refractivity contribution in [2.75, 3.05) is 6.54 Å². The Morgan fingerprint density at radius 2 is 2.00 bits per heavy atom. The summed E-state index contributed by atoms with van der Waals surface area (Å²) in [6.07, 6.45) is 0. The molecule has 0 aromatic heterocycles. The molecule has 7 nitrogen and oxygen atoms in total. The summed E-state index contributed by atoms with van der Waals surface area (Å²) in [5.41, 5.74) is 4.76. The Kier molecular flexibility index (Phi) is 4.43. The first-order valence-corrected chi connectivity index (χ1v) is 6.82. The molecular weight excluding hydrogens is 328 g/mol. The van der Waals surface area contributed by atoms with Crippen LogP contribution in [0.5, 0.6) is 0 Å². The SMILES string of the molecule is NC(=O)CNS(=O)(=O)c1ccc(C(=O)O)cc1Br. The maximum Gasteiger partial charge on any atom is 0.335 e. The molecule has 0 atom stereocenters. The number of carbonyl (C=O) groups excluding carboxylic acids is 1. The lowest BCUT2D eigenvalue weighted by atomic mass is 10.2. The molecule has 0 radical (unpaired) electrons. The summed E-state index contributed by atoms with van der Waals surface area (Å²) in [6, 6.07) is 3.42. The zero-order valence-electron chi connectivity index (χ0n) is 8.88. The van der Waals surface area contributed by atoms with E-state index in [-0.39, 0.29) is 14.9 Å². The van der Waals surface area contributed by atoms with Gasteiger partial charge in [-0.2, -0.15) is 0 Å². The van der Waals surface area contributed by atoms with Crippen LogP contribution in [0.25, 0.3) is 0 Å². The lowest BCUT2D eigenvalue weighted by molar-refractivity contribution is -0.116. The van der Waals surface area contributed by atoms with Crippen LogP contribution in [0.4, 0.5) is 0 Å². The molecule has 0 unspecified atom stereocenters. The van der Waals surface area contributed by atoms with Crippen molar-refractivity contribution in [1.29, 1.82) is 0 Å². The Morgan fingerprint density at radius 3 is 2.44 bits per heavy atom. The van der Waals surface area contributed by atoms with E-state index in [0.29, 0.717) is 0 Å². The van der Waals surface area contributed by atoms with E-state index in [1.54, 1.807) is 0 Å². The van der Waals surface area contributed by atoms with E-state index in [2.05, 4.69) is 15.9 Å². The molecule has 98 valence electrons. The Morgan fingerprint density at radius 1 is 1.39 bits per heavy atom. The maximum absolute atomic E-state index is 11.7. The second-order valence-electron chi connectivity index (χ2n) is 3.24. The minimum atomic E-state index is -3.92. The minimum absolute atomic E-state index is 0.0595. The molecule has 9 heteroatoms. The van der Waals surface area contributed by atoms with Crippen LogP contribution >= 0.6 is 15.9 Å². The van der Waals surface area contributed by atoms with Crippen molar-refractivity contribution in [3.8, 4) is 0 Å². The standard InChI is InChI=1S/C9H9BrN2O5S/c10-6-3-5(9(14)15)1-2-7(6)18(16,17)12-4-8(11)13/h1-3,12H,4H2,(H2,11,13)(H,14,15). The number of hydrogen-bond acceptors (Lipinski definition) is 4. The number of halogens is 1. The van der Waals surface area contributed by atoms with E-state index < -0.39 is 28.4 Å². The van der Waals surface area contributed by atoms with Crippen molar-refractivity contribution in [2.24, 2.45) is 5.73 Å². The number of rotatable bonds is 5. The molecule has 0 aliphatic rings. The van der Waals surface area contributed by atoms with Gasteiger partial charge in [0.2, 0.25) is 15.9 Å². The van der Waals surface area contributed by atoms with Crippen LogP contribution < -0.4 is 10.5 Å². The third-order valence-electron chi connectivity index (χ3n) is 1.90. The third-order valence-corrected chi connectivity index (χ3v) is 4.28. The van der Waals surface area contributed by atoms with Gasteiger partial charge in [-0.15, -0.1) is 0 Å². The molecule has 18 heavy (non-hydrogen) atoms. The molecule has 0 fully saturated rings. The number of benzene rings is 1. The summed E-state index contributed by atoms with van der Waals surface area (Å²) in [4.78, 5) is 21.0. The average Bonchev–Trinajstić information content (AvgIpc) is 2.26. The fraction of sp³-hybridized carbons (Fsp3) is 0.111. The van der Waals surface area contributed by atoms with Crippen LogP contribution in [0, 0.1) is 0 Å². The summed E-state index contributed by atoms with van der Waals surface area (Å²) in [6.45, 7) is -0.532. The fourth-order valence-electron chi connectivity index (χ4n) is 1.10. The minimum Gasteiger partial charge on any atom is -0.478 e. The molecule has 1 aromatic carbocycles. The molecule has 0 spiro atoms. The Balaban J connectivity index is 3.10. The number of carbonyl (C=O) groups is 2. The third kappa shape index (κ3) is 3.52. The van der Waals surface area contributed by atoms with E-state index in [1.165, 1.54) is 0 Å². The van der Waals surface area contributed by atoms with Crippen LogP contribution in [-0.2, 0) is 14.8 Å². The molecule has 4 N–H and O–H groups in total. The zero-order valence-corrected chi connectivity index (χ0v) is 11.3. The second-order valence-corrected chi connectivity index (χ2v) is 5.83. The Labute approximate surface area is 111 Å². The predicted molar refractivity (Wildman–Crippen MR) is 65.5 cm³/mol. The molecule has 1 aromatic rings. The largest absolute Gasteiger partial charge is 0.478 e. The highest BCUT2D eigenvalue weighted by molar-refractivity contribution is 9.10. The number of amides is 1. The lowest BCUT2D eigenvalue weighted by Crippen LogP contribution is -2.33. The van der Waals surface area contributed by atoms with Gasteiger partial charge in [0.05, 0.1) is 17.0 Å². The van der Waals surface area contributed by atoms with Crippen LogP contribution in [0.2, 0.25) is 0 Å². The molecule has 0 aliphatic heterocycles. The number of nitrogens with two attached hydrogens (primary N) is 1. The van der Waals surface area contributed by atoms with Gasteiger partial charge in [-0.3, -0.25) is 4.79 Å². The highest BCUT2D eigenvalue weighted by Crippen LogP contribution is 2.23. The van der Waals surface area contributed by atoms with E-state index in [0.717, 1.165) is 18.2 Å². The van der Waals surface area contributed by atoms with Gasteiger partial charge in [-0.1, -0.05) is 0 Å². The van der Waals surface area contributed by atoms with Gasteiger partial charge in [0.25, 0.3) is 0 Å². The monoisotopic (exact) mass is 336 g/mol. The first-order chi connectivity index (χ1) is 8.24. The molecular formula is C9H9BrN2O5S. The molecule has 1 rings (SSSR count). The van der Waals surface area contributed by atoms with Crippen molar-refractivity contribution in [3.63, 3.8) is 0 Å². The van der Waals surface area contributed by atoms with Gasteiger partial charge in [0.1, 0.15) is 0 Å². The fourth-order valence-corrected chi connectivity index (χ4v) is 3.16. The highest BCUT2D eigenvalue weighted by Gasteiger charge is 2.19. The Hall–Kier alpha value is -1.45. The lowest BCUT2D eigenvalue weighted by Gasteiger charge is -2.07. The smallest absolute Gasteiger partial charge is 0.335 e. The summed E-state index contributed by atoms with van der Waals surface area (Å²) >= 11 is 2.96. The van der Waals surface area contributed by atoms with Gasteiger partial charge in [-0.05, 0) is 34.1 Å². The van der Waals surface area contributed by atoms with Crippen LogP contribution in [0.1, 0.15) is 10.4 Å². The molecule has 1 amide bonds. The number of primary amides is 1. The summed E-state index contributed by atoms with van der Waals surface area (Å²) < 4.78 is 25.6. The maximum atomic E-state index is 11.7. The van der Waals surface area contributed by atoms with Crippen LogP contribution in [0.3, 0.4) is 0 Å². The zero-order chi connectivity index (χ0) is 13.9. The topological polar surface area (TPSA) is 127 Å². The average molecular weight is 337 g/mol. The quantitative estimate of drug-likeness (QED) is 0.692. The summed E-state index contributed by atoms with van der Waals surface area (Å²) in [5.74, 6) is -2.00. The molecule has 0 bridgehead atoms. The van der Waals surface area contributed by atoms with Crippen molar-refractivity contribution >= 4 is 37.8 Å². The van der Waals surface area contributed by atoms with Crippen molar-refractivity contribution in [3.05, 3.63) is 28.2 Å². The molecule has 0 saturated carbocycles. The highest BCUT2D eigenvalue weighted by atomic mass is 79.9. The van der Waals surface area contributed by atoms with Crippen molar-refractivity contribution in [1.82, 2.24) is 4.72 Å². The van der Waals surface area contributed by atoms with Gasteiger partial charge in [0.15, 0.2) is 0 Å². The number of sulfonamides is 1. The van der Waals surface area contributed by atoms with Crippen LogP contribution in [-0.4, -0.2) is 31.9 Å². The van der Waals surface area contributed by atoms with E-state index in [1.807, 2.05) is 4.72 Å². The van der Waals surface area contributed by atoms with Crippen molar-refractivity contribution < 1.29 is 23.1 Å². The van der Waals surface area contributed by atoms with E-state index >= 15 is 0 Å². The number of carboxylic acids is 1. The summed E-state index contributed by atoms with van der Waals surface area (Å²) in [5, 5.41) is 8.73. The number of nitrogens with one attached hydrogen (secondary N) is 1. The van der Waals surface area contributed by atoms with Gasteiger partial charge >= 0.3 is 5.97 Å². The normalized spacial score (nSPS) is 11.2. The molecule has 0 heterocycles. The predicted octanol–water partition coefficient (Wildman–Crippen LogP) is -0.0891. The van der Waals surface area contributed by atoms with Gasteiger partial charge in [0, 0.05) is 4.47 Å². The molecule has 0 aliphatic carbocycles. The molecule has 0 saturated heterocycles. The summed E-state index contributed by atoms with van der Waals surface area (Å²) in [7, 11) is -3.92. The van der Waals surface area contributed by atoms with E-state index in [9.17, 15) is 18.0 Å². The Bertz CT molecular complexity index is 599. The van der Waals surface area contributed by atoms with Gasteiger partial charge < -0.3 is 10.8 Å². The van der Waals surface area contributed by atoms with E-state index in [4.69, 9.17) is 10.8 Å². The first kappa shape index (κ1) is 14.6. The first-order valence-electron chi connectivity index (χ1n) is 4.55. The number of aromatic carboxylic acids is 1. The number of carboxylic acid groups (broad SMARTS) is 1. The second kappa shape index (κ2) is 5.46. The van der Waals surface area contributed by atoms with Gasteiger partial charge in [-0.25, -0.2) is 17.9 Å². The van der Waals surface area contributed by atoms with Crippen molar-refractivity contribution in [2.45, 2.75) is 4.90 Å². The number of hydrogen-bond donors (Lipinski definition) is 3.